The SMILES string of the molecule is O=c1[nH]c(=O)n(-c2ccccc2)c(O)c1C=Nc1nc(-c2ccccc2)sc1-c1ccccc1. The zero-order valence-corrected chi connectivity index (χ0v) is 18.6. The molecule has 0 spiro atoms. The molecule has 0 fully saturated rings. The summed E-state index contributed by atoms with van der Waals surface area (Å²) in [6, 6.07) is 28.0. The number of nitrogens with one attached hydrogen (secondary N) is 1. The maximum Gasteiger partial charge on any atom is 0.335 e. The van der Waals surface area contributed by atoms with Gasteiger partial charge >= 0.3 is 5.69 Å². The van der Waals surface area contributed by atoms with Crippen LogP contribution in [-0.2, 0) is 0 Å². The van der Waals surface area contributed by atoms with Crippen LogP contribution in [0.2, 0.25) is 0 Å². The Morgan fingerprint density at radius 1 is 0.853 bits per heavy atom. The highest BCUT2D eigenvalue weighted by Crippen LogP contribution is 2.39. The third kappa shape index (κ3) is 4.10. The Morgan fingerprint density at radius 2 is 1.44 bits per heavy atom. The molecular formula is C26H18N4O3S. The standard InChI is InChI=1S/C26H18N4O3S/c31-23-20(25(32)30(26(33)29-23)19-14-8-3-9-15-19)16-27-22-21(17-10-4-1-5-11-17)34-24(28-22)18-12-6-2-7-13-18/h1-16,32H,(H,29,31,33). The summed E-state index contributed by atoms with van der Waals surface area (Å²) in [5.74, 6) is -0.0882. The first kappa shape index (κ1) is 21.3. The average Bonchev–Trinajstić information content (AvgIpc) is 3.30. The number of aliphatic imine (C=N–C) groups is 1. The second-order valence-electron chi connectivity index (χ2n) is 7.33. The second kappa shape index (κ2) is 9.13. The molecule has 5 aromatic rings. The quantitative estimate of drug-likeness (QED) is 0.364. The summed E-state index contributed by atoms with van der Waals surface area (Å²) in [5.41, 5.74) is 0.679. The number of hydrogen-bond donors (Lipinski definition) is 2. The molecule has 166 valence electrons. The van der Waals surface area contributed by atoms with Crippen LogP contribution in [0.4, 0.5) is 5.82 Å². The summed E-state index contributed by atoms with van der Waals surface area (Å²) in [7, 11) is 0. The highest BCUT2D eigenvalue weighted by Gasteiger charge is 2.16. The van der Waals surface area contributed by atoms with Gasteiger partial charge in [0.2, 0.25) is 5.88 Å². The van der Waals surface area contributed by atoms with Crippen LogP contribution < -0.4 is 11.2 Å². The van der Waals surface area contributed by atoms with E-state index in [0.717, 1.165) is 25.6 Å². The van der Waals surface area contributed by atoms with E-state index in [2.05, 4.69) is 15.0 Å². The summed E-state index contributed by atoms with van der Waals surface area (Å²) in [5, 5.41) is 11.6. The molecule has 0 aliphatic heterocycles. The highest BCUT2D eigenvalue weighted by atomic mass is 32.1. The first-order valence-electron chi connectivity index (χ1n) is 10.4. The molecule has 2 aromatic heterocycles. The molecule has 34 heavy (non-hydrogen) atoms. The number of aromatic nitrogens is 3. The maximum absolute atomic E-state index is 12.5. The third-order valence-corrected chi connectivity index (χ3v) is 6.26. The molecule has 5 rings (SSSR count). The molecule has 0 radical (unpaired) electrons. The number of H-pyrrole nitrogens is 1. The van der Waals surface area contributed by atoms with Crippen molar-refractivity contribution in [3.8, 4) is 32.6 Å². The number of rotatable bonds is 5. The van der Waals surface area contributed by atoms with E-state index in [1.165, 1.54) is 17.6 Å². The van der Waals surface area contributed by atoms with Crippen molar-refractivity contribution in [2.24, 2.45) is 4.99 Å². The van der Waals surface area contributed by atoms with E-state index in [9.17, 15) is 14.7 Å². The van der Waals surface area contributed by atoms with Crippen molar-refractivity contribution in [3.63, 3.8) is 0 Å². The third-order valence-electron chi connectivity index (χ3n) is 5.12. The van der Waals surface area contributed by atoms with Gasteiger partial charge in [0.05, 0.1) is 10.6 Å². The monoisotopic (exact) mass is 466 g/mol. The van der Waals surface area contributed by atoms with Crippen LogP contribution in [-0.4, -0.2) is 25.9 Å². The zero-order chi connectivity index (χ0) is 23.5. The van der Waals surface area contributed by atoms with Gasteiger partial charge in [-0.05, 0) is 17.7 Å². The first-order chi connectivity index (χ1) is 16.6. The van der Waals surface area contributed by atoms with Crippen molar-refractivity contribution >= 4 is 23.4 Å². The number of aromatic amines is 1. The summed E-state index contributed by atoms with van der Waals surface area (Å²) >= 11 is 1.48. The fraction of sp³-hybridized carbons (Fsp3) is 0. The smallest absolute Gasteiger partial charge is 0.335 e. The average molecular weight is 467 g/mol. The van der Waals surface area contributed by atoms with Gasteiger partial charge in [-0.15, -0.1) is 11.3 Å². The summed E-state index contributed by atoms with van der Waals surface area (Å²) in [6.45, 7) is 0. The molecule has 8 heteroatoms. The lowest BCUT2D eigenvalue weighted by Crippen LogP contribution is -2.31. The Balaban J connectivity index is 1.63. The van der Waals surface area contributed by atoms with Crippen molar-refractivity contribution in [2.75, 3.05) is 0 Å². The van der Waals surface area contributed by atoms with Crippen LogP contribution in [0.15, 0.2) is 106 Å². The van der Waals surface area contributed by atoms with Crippen LogP contribution in [0, 0.1) is 0 Å². The Morgan fingerprint density at radius 3 is 2.09 bits per heavy atom. The Kier molecular flexibility index (Phi) is 5.72. The van der Waals surface area contributed by atoms with Gasteiger partial charge in [0.1, 0.15) is 10.6 Å². The topological polar surface area (TPSA) is 100 Å². The van der Waals surface area contributed by atoms with Crippen LogP contribution in [0.25, 0.3) is 26.7 Å². The van der Waals surface area contributed by atoms with E-state index >= 15 is 0 Å². The van der Waals surface area contributed by atoms with Gasteiger partial charge in [0.15, 0.2) is 5.82 Å². The highest BCUT2D eigenvalue weighted by molar-refractivity contribution is 7.19. The molecule has 7 nitrogen and oxygen atoms in total. The normalized spacial score (nSPS) is 11.2. The molecule has 0 saturated heterocycles. The number of hydrogen-bond acceptors (Lipinski definition) is 6. The molecule has 2 N–H and O–H groups in total. The van der Waals surface area contributed by atoms with Crippen LogP contribution in [0.5, 0.6) is 5.88 Å². The molecule has 0 unspecified atom stereocenters. The summed E-state index contributed by atoms with van der Waals surface area (Å²) in [4.78, 5) is 37.1. The van der Waals surface area contributed by atoms with Crippen LogP contribution in [0.1, 0.15) is 5.56 Å². The maximum atomic E-state index is 12.5. The molecule has 0 amide bonds. The van der Waals surface area contributed by atoms with E-state index in [1.54, 1.807) is 30.3 Å². The van der Waals surface area contributed by atoms with Gasteiger partial charge in [-0.1, -0.05) is 78.9 Å². The van der Waals surface area contributed by atoms with Crippen LogP contribution >= 0.6 is 11.3 Å². The van der Waals surface area contributed by atoms with Gasteiger partial charge in [-0.25, -0.2) is 19.3 Å². The van der Waals surface area contributed by atoms with E-state index in [-0.39, 0.29) is 5.56 Å². The van der Waals surface area contributed by atoms with Crippen LogP contribution in [0.3, 0.4) is 0 Å². The minimum atomic E-state index is -0.740. The van der Waals surface area contributed by atoms with Gasteiger partial charge in [0.25, 0.3) is 5.56 Å². The first-order valence-corrected chi connectivity index (χ1v) is 11.2. The predicted molar refractivity (Wildman–Crippen MR) is 135 cm³/mol. The number of thiazole rings is 1. The van der Waals surface area contributed by atoms with E-state index in [1.807, 2.05) is 60.7 Å². The lowest BCUT2D eigenvalue weighted by Gasteiger charge is -2.09. The molecule has 0 saturated carbocycles. The lowest BCUT2D eigenvalue weighted by molar-refractivity contribution is 0.430. The van der Waals surface area contributed by atoms with E-state index < -0.39 is 17.1 Å². The molecule has 0 aliphatic rings. The summed E-state index contributed by atoms with van der Waals surface area (Å²) < 4.78 is 1.03. The predicted octanol–water partition coefficient (Wildman–Crippen LogP) is 4.77. The molecule has 3 aromatic carbocycles. The molecule has 0 aliphatic carbocycles. The largest absolute Gasteiger partial charge is 0.493 e. The van der Waals surface area contributed by atoms with Gasteiger partial charge in [-0.2, -0.15) is 0 Å². The van der Waals surface area contributed by atoms with Crippen molar-refractivity contribution < 1.29 is 5.11 Å². The van der Waals surface area contributed by atoms with Crippen molar-refractivity contribution in [1.29, 1.82) is 0 Å². The number of benzene rings is 3. The minimum Gasteiger partial charge on any atom is -0.493 e. The van der Waals surface area contributed by atoms with Gasteiger partial charge in [0, 0.05) is 11.8 Å². The molecule has 0 atom stereocenters. The van der Waals surface area contributed by atoms with E-state index in [0.29, 0.717) is 11.5 Å². The van der Waals surface area contributed by atoms with Gasteiger partial charge < -0.3 is 5.11 Å². The van der Waals surface area contributed by atoms with Crippen molar-refractivity contribution in [3.05, 3.63) is 117 Å². The number of aromatic hydroxyl groups is 1. The van der Waals surface area contributed by atoms with Gasteiger partial charge in [-0.3, -0.25) is 9.78 Å². The Labute approximate surface area is 198 Å². The fourth-order valence-electron chi connectivity index (χ4n) is 3.48. The minimum absolute atomic E-state index is 0.142. The lowest BCUT2D eigenvalue weighted by atomic mass is 10.2. The summed E-state index contributed by atoms with van der Waals surface area (Å²) in [6.07, 6.45) is 1.24. The Bertz CT molecular complexity index is 1590. The van der Waals surface area contributed by atoms with E-state index in [4.69, 9.17) is 0 Å². The van der Waals surface area contributed by atoms with Crippen molar-refractivity contribution in [1.82, 2.24) is 14.5 Å². The Hall–Kier alpha value is -4.56. The second-order valence-corrected chi connectivity index (χ2v) is 8.33. The van der Waals surface area contributed by atoms with Crippen molar-refractivity contribution in [2.45, 2.75) is 0 Å². The number of para-hydroxylation sites is 1. The fourth-order valence-corrected chi connectivity index (χ4v) is 4.50. The zero-order valence-electron chi connectivity index (χ0n) is 17.8. The number of nitrogens with zero attached hydrogens (tertiary/aromatic N) is 3. The molecule has 0 bridgehead atoms. The molecular weight excluding hydrogens is 448 g/mol. The molecule has 2 heterocycles.